The van der Waals surface area contributed by atoms with Gasteiger partial charge in [0.1, 0.15) is 11.5 Å². The Morgan fingerprint density at radius 2 is 1.67 bits per heavy atom. The van der Waals surface area contributed by atoms with Crippen LogP contribution in [0, 0.1) is 0 Å². The molecule has 7 nitrogen and oxygen atoms in total. The molecule has 2 rings (SSSR count). The maximum atomic E-state index is 12.1. The van der Waals surface area contributed by atoms with Gasteiger partial charge in [0.05, 0.1) is 26.3 Å². The number of anilines is 1. The first-order chi connectivity index (χ1) is 12.9. The van der Waals surface area contributed by atoms with Gasteiger partial charge < -0.3 is 19.5 Å². The Hall–Kier alpha value is -3.35. The number of amides is 1. The number of benzene rings is 2. The van der Waals surface area contributed by atoms with Crippen LogP contribution in [0.4, 0.5) is 5.69 Å². The lowest BCUT2D eigenvalue weighted by molar-refractivity contribution is -0.146. The zero-order valence-electron chi connectivity index (χ0n) is 15.4. The van der Waals surface area contributed by atoms with Crippen LogP contribution in [0.15, 0.2) is 42.5 Å². The van der Waals surface area contributed by atoms with Crippen molar-refractivity contribution in [2.75, 3.05) is 26.1 Å². The van der Waals surface area contributed by atoms with Gasteiger partial charge in [-0.2, -0.15) is 0 Å². The molecule has 0 aliphatic heterocycles. The Bertz CT molecular complexity index is 846. The highest BCUT2D eigenvalue weighted by Gasteiger charge is 2.14. The highest BCUT2D eigenvalue weighted by molar-refractivity contribution is 5.95. The standard InChI is InChI=1S/C20H21NO6/c1-13(22)14-8-9-17(25-2)15(10-14)11-20(24)27-12-19(23)21-16-6-4-5-7-18(16)26-3/h4-10H,11-12H2,1-3H3,(H,21,23). The number of hydrogen-bond donors (Lipinski definition) is 1. The van der Waals surface area contributed by atoms with Gasteiger partial charge in [0.2, 0.25) is 0 Å². The van der Waals surface area contributed by atoms with Crippen molar-refractivity contribution >= 4 is 23.3 Å². The lowest BCUT2D eigenvalue weighted by atomic mass is 10.0. The Morgan fingerprint density at radius 1 is 0.963 bits per heavy atom. The molecule has 0 saturated heterocycles. The molecule has 0 radical (unpaired) electrons. The molecule has 0 spiro atoms. The zero-order chi connectivity index (χ0) is 19.8. The molecule has 2 aromatic rings. The minimum absolute atomic E-state index is 0.119. The predicted octanol–water partition coefficient (Wildman–Crippen LogP) is 2.63. The minimum atomic E-state index is -0.607. The molecule has 27 heavy (non-hydrogen) atoms. The Morgan fingerprint density at radius 3 is 2.33 bits per heavy atom. The van der Waals surface area contributed by atoms with Gasteiger partial charge in [-0.15, -0.1) is 0 Å². The number of ether oxygens (including phenoxy) is 3. The number of para-hydroxylation sites is 2. The van der Waals surface area contributed by atoms with Crippen molar-refractivity contribution in [2.45, 2.75) is 13.3 Å². The number of methoxy groups -OCH3 is 2. The van der Waals surface area contributed by atoms with E-state index in [1.807, 2.05) is 0 Å². The molecule has 0 saturated carbocycles. The van der Waals surface area contributed by atoms with Crippen LogP contribution >= 0.6 is 0 Å². The third-order valence-electron chi connectivity index (χ3n) is 3.77. The fraction of sp³-hybridized carbons (Fsp3) is 0.250. The lowest BCUT2D eigenvalue weighted by Crippen LogP contribution is -2.22. The molecule has 0 heterocycles. The Labute approximate surface area is 157 Å². The van der Waals surface area contributed by atoms with Gasteiger partial charge >= 0.3 is 5.97 Å². The number of carbonyl (C=O) groups is 3. The Balaban J connectivity index is 1.95. The monoisotopic (exact) mass is 371 g/mol. The van der Waals surface area contributed by atoms with Crippen molar-refractivity contribution in [1.29, 1.82) is 0 Å². The molecule has 142 valence electrons. The van der Waals surface area contributed by atoms with Crippen molar-refractivity contribution in [3.8, 4) is 11.5 Å². The maximum Gasteiger partial charge on any atom is 0.310 e. The van der Waals surface area contributed by atoms with E-state index in [1.165, 1.54) is 21.1 Å². The first-order valence-electron chi connectivity index (χ1n) is 8.21. The topological polar surface area (TPSA) is 90.9 Å². The number of ketones is 1. The van der Waals surface area contributed by atoms with Gasteiger partial charge in [-0.05, 0) is 37.3 Å². The largest absolute Gasteiger partial charge is 0.496 e. The van der Waals surface area contributed by atoms with E-state index in [-0.39, 0.29) is 12.2 Å². The van der Waals surface area contributed by atoms with Gasteiger partial charge in [-0.25, -0.2) is 0 Å². The van der Waals surface area contributed by atoms with Crippen molar-refractivity contribution in [2.24, 2.45) is 0 Å². The predicted molar refractivity (Wildman–Crippen MR) is 99.3 cm³/mol. The smallest absolute Gasteiger partial charge is 0.310 e. The van der Waals surface area contributed by atoms with E-state index < -0.39 is 18.5 Å². The molecule has 1 N–H and O–H groups in total. The molecule has 0 aliphatic rings. The van der Waals surface area contributed by atoms with Crippen LogP contribution in [-0.4, -0.2) is 38.5 Å². The van der Waals surface area contributed by atoms with Crippen LogP contribution in [0.25, 0.3) is 0 Å². The number of hydrogen-bond acceptors (Lipinski definition) is 6. The minimum Gasteiger partial charge on any atom is -0.496 e. The quantitative estimate of drug-likeness (QED) is 0.567. The molecule has 0 aliphatic carbocycles. The summed E-state index contributed by atoms with van der Waals surface area (Å²) in [6.07, 6.45) is -0.119. The van der Waals surface area contributed by atoms with E-state index in [2.05, 4.69) is 5.32 Å². The molecule has 0 unspecified atom stereocenters. The third kappa shape index (κ3) is 5.57. The van der Waals surface area contributed by atoms with E-state index in [4.69, 9.17) is 14.2 Å². The summed E-state index contributed by atoms with van der Waals surface area (Å²) < 4.78 is 15.4. The fourth-order valence-electron chi connectivity index (χ4n) is 2.42. The van der Waals surface area contributed by atoms with Crippen molar-refractivity contribution < 1.29 is 28.6 Å². The third-order valence-corrected chi connectivity index (χ3v) is 3.77. The maximum absolute atomic E-state index is 12.1. The van der Waals surface area contributed by atoms with E-state index >= 15 is 0 Å². The van der Waals surface area contributed by atoms with Crippen molar-refractivity contribution in [1.82, 2.24) is 0 Å². The summed E-state index contributed by atoms with van der Waals surface area (Å²) in [6.45, 7) is 0.998. The van der Waals surface area contributed by atoms with Crippen LogP contribution in [0.2, 0.25) is 0 Å². The molecule has 0 aromatic heterocycles. The van der Waals surface area contributed by atoms with E-state index in [0.29, 0.717) is 28.3 Å². The van der Waals surface area contributed by atoms with E-state index in [0.717, 1.165) is 0 Å². The highest BCUT2D eigenvalue weighted by atomic mass is 16.5. The lowest BCUT2D eigenvalue weighted by Gasteiger charge is -2.11. The van der Waals surface area contributed by atoms with E-state index in [9.17, 15) is 14.4 Å². The molecular weight excluding hydrogens is 350 g/mol. The molecular formula is C20H21NO6. The van der Waals surface area contributed by atoms with Crippen LogP contribution in [0.1, 0.15) is 22.8 Å². The second-order valence-corrected chi connectivity index (χ2v) is 5.67. The highest BCUT2D eigenvalue weighted by Crippen LogP contribution is 2.23. The Kier molecular flexibility index (Phi) is 6.93. The number of esters is 1. The van der Waals surface area contributed by atoms with Gasteiger partial charge in [0, 0.05) is 11.1 Å². The SMILES string of the molecule is COc1ccc(C(C)=O)cc1CC(=O)OCC(=O)Nc1ccccc1OC. The molecule has 0 bridgehead atoms. The van der Waals surface area contributed by atoms with Crippen molar-refractivity contribution in [3.05, 3.63) is 53.6 Å². The zero-order valence-corrected chi connectivity index (χ0v) is 15.4. The second kappa shape index (κ2) is 9.38. The van der Waals surface area contributed by atoms with E-state index in [1.54, 1.807) is 42.5 Å². The first kappa shape index (κ1) is 20.0. The molecule has 2 aromatic carbocycles. The van der Waals surface area contributed by atoms with Crippen LogP contribution in [-0.2, 0) is 20.7 Å². The summed E-state index contributed by atoms with van der Waals surface area (Å²) in [5.41, 5.74) is 1.46. The summed E-state index contributed by atoms with van der Waals surface area (Å²) in [5.74, 6) is -0.247. The molecule has 0 fully saturated rings. The average Bonchev–Trinajstić information content (AvgIpc) is 2.66. The summed E-state index contributed by atoms with van der Waals surface area (Å²) >= 11 is 0. The van der Waals surface area contributed by atoms with Gasteiger partial charge in [-0.1, -0.05) is 12.1 Å². The van der Waals surface area contributed by atoms with Crippen LogP contribution < -0.4 is 14.8 Å². The number of Topliss-reactive ketones (excluding diaryl/α,β-unsaturated/α-hetero) is 1. The van der Waals surface area contributed by atoms with Crippen LogP contribution in [0.5, 0.6) is 11.5 Å². The number of rotatable bonds is 8. The molecule has 1 amide bonds. The van der Waals surface area contributed by atoms with Gasteiger partial charge in [-0.3, -0.25) is 14.4 Å². The van der Waals surface area contributed by atoms with Crippen LogP contribution in [0.3, 0.4) is 0 Å². The summed E-state index contributed by atoms with van der Waals surface area (Å²) in [7, 11) is 2.96. The normalized spacial score (nSPS) is 10.0. The van der Waals surface area contributed by atoms with Gasteiger partial charge in [0.25, 0.3) is 5.91 Å². The summed E-state index contributed by atoms with van der Waals surface area (Å²) in [5, 5.41) is 2.62. The number of nitrogens with one attached hydrogen (secondary N) is 1. The molecule has 7 heteroatoms. The average molecular weight is 371 g/mol. The second-order valence-electron chi connectivity index (χ2n) is 5.67. The number of carbonyl (C=O) groups excluding carboxylic acids is 3. The fourth-order valence-corrected chi connectivity index (χ4v) is 2.42. The first-order valence-corrected chi connectivity index (χ1v) is 8.21. The van der Waals surface area contributed by atoms with Crippen molar-refractivity contribution in [3.63, 3.8) is 0 Å². The van der Waals surface area contributed by atoms with Gasteiger partial charge in [0.15, 0.2) is 12.4 Å². The summed E-state index contributed by atoms with van der Waals surface area (Å²) in [4.78, 5) is 35.6. The summed E-state index contributed by atoms with van der Waals surface area (Å²) in [6, 6.07) is 11.7. The molecule has 0 atom stereocenters.